The van der Waals surface area contributed by atoms with E-state index in [1.54, 1.807) is 6.20 Å². The third-order valence-corrected chi connectivity index (χ3v) is 5.22. The van der Waals surface area contributed by atoms with Crippen LogP contribution < -0.4 is 10.5 Å². The summed E-state index contributed by atoms with van der Waals surface area (Å²) in [6.45, 7) is 5.19. The van der Waals surface area contributed by atoms with Crippen LogP contribution in [0.5, 0.6) is 5.75 Å². The van der Waals surface area contributed by atoms with Crippen molar-refractivity contribution in [2.75, 3.05) is 12.3 Å². The normalized spacial score (nSPS) is 19.5. The Bertz CT molecular complexity index is 912. The first-order chi connectivity index (χ1) is 12.7. The van der Waals surface area contributed by atoms with Crippen molar-refractivity contribution in [1.82, 2.24) is 14.4 Å². The number of nitrogen functional groups attached to an aromatic ring is 1. The van der Waals surface area contributed by atoms with Gasteiger partial charge in [0, 0.05) is 23.9 Å². The largest absolute Gasteiger partial charge is 0.494 e. The average Bonchev–Trinajstić information content (AvgIpc) is 3.00. The highest BCUT2D eigenvalue weighted by molar-refractivity contribution is 5.85. The number of benzene rings is 1. The van der Waals surface area contributed by atoms with Crippen LogP contribution in [-0.4, -0.2) is 21.0 Å². The van der Waals surface area contributed by atoms with Gasteiger partial charge in [0.2, 0.25) is 0 Å². The van der Waals surface area contributed by atoms with Crippen LogP contribution in [-0.2, 0) is 0 Å². The first kappa shape index (κ1) is 16.9. The van der Waals surface area contributed by atoms with E-state index in [1.165, 1.54) is 12.8 Å². The van der Waals surface area contributed by atoms with Crippen LogP contribution in [0.4, 0.5) is 5.82 Å². The van der Waals surface area contributed by atoms with Crippen LogP contribution in [0, 0.1) is 5.92 Å². The number of unbranched alkanes of at least 4 members (excludes halogenated alkanes) is 1. The van der Waals surface area contributed by atoms with Crippen molar-refractivity contribution in [1.29, 1.82) is 0 Å². The maximum Gasteiger partial charge on any atom is 0.150 e. The average molecular weight is 350 g/mol. The number of hydrogen-bond acceptors (Lipinski definition) is 4. The number of imidazole rings is 1. The molecule has 0 bridgehead atoms. The van der Waals surface area contributed by atoms with Gasteiger partial charge in [-0.3, -0.25) is 4.40 Å². The molecule has 5 heteroatoms. The molecule has 1 fully saturated rings. The Labute approximate surface area is 154 Å². The second-order valence-corrected chi connectivity index (χ2v) is 7.35. The van der Waals surface area contributed by atoms with E-state index in [0.29, 0.717) is 11.7 Å². The number of nitrogens with two attached hydrogens (primary N) is 1. The molecule has 2 aromatic heterocycles. The number of ether oxygens (including phenoxy) is 1. The standard InChI is InChI=1S/C21H26N4O/c1-3-4-10-26-17-7-5-6-15(13-17)18-19-20(22)23-8-9-25(19)21(24-18)16-11-14(2)12-16/h5-9,13-14,16H,3-4,10-12H2,1-2H3,(H2,22,23). The van der Waals surface area contributed by atoms with Gasteiger partial charge in [-0.2, -0.15) is 0 Å². The van der Waals surface area contributed by atoms with Crippen molar-refractivity contribution in [2.24, 2.45) is 5.92 Å². The fraction of sp³-hybridized carbons (Fsp3) is 0.429. The Hall–Kier alpha value is -2.56. The quantitative estimate of drug-likeness (QED) is 0.656. The summed E-state index contributed by atoms with van der Waals surface area (Å²) < 4.78 is 7.99. The van der Waals surface area contributed by atoms with Gasteiger partial charge in [0.25, 0.3) is 0 Å². The number of anilines is 1. The van der Waals surface area contributed by atoms with E-state index in [-0.39, 0.29) is 0 Å². The first-order valence-corrected chi connectivity index (χ1v) is 9.53. The predicted molar refractivity (Wildman–Crippen MR) is 104 cm³/mol. The van der Waals surface area contributed by atoms with Gasteiger partial charge in [-0.05, 0) is 37.3 Å². The van der Waals surface area contributed by atoms with Crippen LogP contribution in [0.3, 0.4) is 0 Å². The van der Waals surface area contributed by atoms with Crippen LogP contribution in [0.15, 0.2) is 36.7 Å². The van der Waals surface area contributed by atoms with Gasteiger partial charge < -0.3 is 10.5 Å². The summed E-state index contributed by atoms with van der Waals surface area (Å²) in [5.41, 5.74) is 9.04. The SMILES string of the molecule is CCCCOc1cccc(-c2nc(C3CC(C)C3)n3ccnc(N)c23)c1. The molecule has 1 aromatic carbocycles. The molecule has 1 aliphatic rings. The Balaban J connectivity index is 1.75. The molecule has 2 heterocycles. The minimum Gasteiger partial charge on any atom is -0.494 e. The molecule has 0 spiro atoms. The maximum atomic E-state index is 6.23. The summed E-state index contributed by atoms with van der Waals surface area (Å²) in [6, 6.07) is 8.12. The van der Waals surface area contributed by atoms with Gasteiger partial charge in [0.1, 0.15) is 28.6 Å². The third kappa shape index (κ3) is 3.02. The molecule has 0 saturated heterocycles. The molecule has 136 valence electrons. The molecule has 26 heavy (non-hydrogen) atoms. The first-order valence-electron chi connectivity index (χ1n) is 9.53. The van der Waals surface area contributed by atoms with Crippen molar-refractivity contribution in [3.8, 4) is 17.0 Å². The molecule has 0 radical (unpaired) electrons. The zero-order valence-corrected chi connectivity index (χ0v) is 15.5. The van der Waals surface area contributed by atoms with E-state index in [2.05, 4.69) is 35.4 Å². The zero-order chi connectivity index (χ0) is 18.1. The number of aromatic nitrogens is 3. The highest BCUT2D eigenvalue weighted by atomic mass is 16.5. The Morgan fingerprint density at radius 1 is 1.31 bits per heavy atom. The molecule has 3 aromatic rings. The van der Waals surface area contributed by atoms with E-state index in [9.17, 15) is 0 Å². The summed E-state index contributed by atoms with van der Waals surface area (Å²) >= 11 is 0. The fourth-order valence-electron chi connectivity index (χ4n) is 3.76. The molecule has 0 unspecified atom stereocenters. The molecule has 1 saturated carbocycles. The minimum absolute atomic E-state index is 0.497. The second kappa shape index (κ2) is 6.98. The van der Waals surface area contributed by atoms with Crippen LogP contribution in [0.25, 0.3) is 16.8 Å². The van der Waals surface area contributed by atoms with E-state index in [0.717, 1.165) is 53.7 Å². The van der Waals surface area contributed by atoms with E-state index < -0.39 is 0 Å². The van der Waals surface area contributed by atoms with E-state index >= 15 is 0 Å². The molecule has 4 rings (SSSR count). The van der Waals surface area contributed by atoms with Gasteiger partial charge in [0.05, 0.1) is 6.61 Å². The van der Waals surface area contributed by atoms with Gasteiger partial charge in [-0.1, -0.05) is 32.4 Å². The fourth-order valence-corrected chi connectivity index (χ4v) is 3.76. The lowest BCUT2D eigenvalue weighted by atomic mass is 9.76. The van der Waals surface area contributed by atoms with Gasteiger partial charge in [-0.25, -0.2) is 9.97 Å². The lowest BCUT2D eigenvalue weighted by Crippen LogP contribution is -2.21. The highest BCUT2D eigenvalue weighted by Crippen LogP contribution is 2.42. The van der Waals surface area contributed by atoms with Crippen LogP contribution in [0.2, 0.25) is 0 Å². The number of rotatable bonds is 6. The second-order valence-electron chi connectivity index (χ2n) is 7.35. The van der Waals surface area contributed by atoms with E-state index in [1.807, 2.05) is 18.3 Å². The molecule has 2 N–H and O–H groups in total. The Morgan fingerprint density at radius 3 is 2.92 bits per heavy atom. The van der Waals surface area contributed by atoms with Crippen molar-refractivity contribution >= 4 is 11.3 Å². The topological polar surface area (TPSA) is 65.4 Å². The monoisotopic (exact) mass is 350 g/mol. The molecule has 0 aliphatic heterocycles. The molecule has 1 aliphatic carbocycles. The summed E-state index contributed by atoms with van der Waals surface area (Å²) in [4.78, 5) is 9.30. The number of fused-ring (bicyclic) bond motifs is 1. The summed E-state index contributed by atoms with van der Waals surface area (Å²) in [6.07, 6.45) is 8.27. The summed E-state index contributed by atoms with van der Waals surface area (Å²) in [5, 5.41) is 0. The van der Waals surface area contributed by atoms with Crippen molar-refractivity contribution in [2.45, 2.75) is 45.4 Å². The van der Waals surface area contributed by atoms with Crippen molar-refractivity contribution in [3.05, 3.63) is 42.5 Å². The minimum atomic E-state index is 0.497. The Morgan fingerprint density at radius 2 is 2.15 bits per heavy atom. The maximum absolute atomic E-state index is 6.23. The van der Waals surface area contributed by atoms with Gasteiger partial charge in [-0.15, -0.1) is 0 Å². The molecular formula is C21H26N4O. The molecule has 5 nitrogen and oxygen atoms in total. The molecule has 0 amide bonds. The summed E-state index contributed by atoms with van der Waals surface area (Å²) in [5.74, 6) is 3.76. The van der Waals surface area contributed by atoms with E-state index in [4.69, 9.17) is 15.5 Å². The predicted octanol–water partition coefficient (Wildman–Crippen LogP) is 4.67. The van der Waals surface area contributed by atoms with Crippen molar-refractivity contribution < 1.29 is 4.74 Å². The van der Waals surface area contributed by atoms with Crippen LogP contribution >= 0.6 is 0 Å². The third-order valence-electron chi connectivity index (χ3n) is 5.22. The Kier molecular flexibility index (Phi) is 4.53. The van der Waals surface area contributed by atoms with Gasteiger partial charge in [0.15, 0.2) is 0 Å². The lowest BCUT2D eigenvalue weighted by Gasteiger charge is -2.31. The van der Waals surface area contributed by atoms with Crippen molar-refractivity contribution in [3.63, 3.8) is 0 Å². The number of nitrogens with zero attached hydrogens (tertiary/aromatic N) is 3. The lowest BCUT2D eigenvalue weighted by molar-refractivity contribution is 0.277. The highest BCUT2D eigenvalue weighted by Gasteiger charge is 2.31. The smallest absolute Gasteiger partial charge is 0.150 e. The molecule has 0 atom stereocenters. The summed E-state index contributed by atoms with van der Waals surface area (Å²) in [7, 11) is 0. The number of hydrogen-bond donors (Lipinski definition) is 1. The van der Waals surface area contributed by atoms with Crippen LogP contribution in [0.1, 0.15) is 51.3 Å². The zero-order valence-electron chi connectivity index (χ0n) is 15.5. The molecular weight excluding hydrogens is 324 g/mol. The van der Waals surface area contributed by atoms with Gasteiger partial charge >= 0.3 is 0 Å².